The fraction of sp³-hybridized carbons (Fsp3) is 0.471. The van der Waals surface area contributed by atoms with Crippen molar-refractivity contribution in [3.8, 4) is 0 Å². The summed E-state index contributed by atoms with van der Waals surface area (Å²) in [4.78, 5) is 7.11. The Bertz CT molecular complexity index is 611. The van der Waals surface area contributed by atoms with Gasteiger partial charge < -0.3 is 4.90 Å². The van der Waals surface area contributed by atoms with Gasteiger partial charge >= 0.3 is 0 Å². The minimum Gasteiger partial charge on any atom is -0.356 e. The van der Waals surface area contributed by atoms with Crippen LogP contribution in [0, 0.1) is 5.41 Å². The van der Waals surface area contributed by atoms with Gasteiger partial charge in [-0.25, -0.2) is 4.98 Å². The van der Waals surface area contributed by atoms with Crippen LogP contribution >= 0.6 is 11.6 Å². The number of hydrogen-bond donors (Lipinski definition) is 0. The molecule has 20 heavy (non-hydrogen) atoms. The van der Waals surface area contributed by atoms with E-state index in [1.54, 1.807) is 0 Å². The molecule has 1 aromatic carbocycles. The first-order valence-electron chi connectivity index (χ1n) is 7.28. The number of piperidine rings is 1. The molecule has 0 saturated carbocycles. The number of anilines is 1. The third-order valence-electron chi connectivity index (χ3n) is 4.42. The predicted octanol–water partition coefficient (Wildman–Crippen LogP) is 4.60. The Hall–Kier alpha value is -1.28. The van der Waals surface area contributed by atoms with Crippen LogP contribution in [0.4, 0.5) is 5.82 Å². The van der Waals surface area contributed by atoms with Gasteiger partial charge in [-0.05, 0) is 29.2 Å². The summed E-state index contributed by atoms with van der Waals surface area (Å²) in [6, 6.07) is 8.46. The fourth-order valence-electron chi connectivity index (χ4n) is 2.92. The van der Waals surface area contributed by atoms with Crippen LogP contribution in [0.15, 0.2) is 30.5 Å². The van der Waals surface area contributed by atoms with E-state index in [9.17, 15) is 0 Å². The van der Waals surface area contributed by atoms with Crippen molar-refractivity contribution in [2.24, 2.45) is 5.41 Å². The molecule has 1 aliphatic heterocycles. The molecule has 0 spiro atoms. The molecular formula is C17H21ClN2. The van der Waals surface area contributed by atoms with Crippen LogP contribution in [-0.2, 0) is 5.88 Å². The average molecular weight is 289 g/mol. The van der Waals surface area contributed by atoms with Crippen LogP contribution in [0.25, 0.3) is 10.8 Å². The molecule has 1 fully saturated rings. The predicted molar refractivity (Wildman–Crippen MR) is 86.5 cm³/mol. The van der Waals surface area contributed by atoms with Crippen molar-refractivity contribution in [1.82, 2.24) is 4.98 Å². The minimum atomic E-state index is 0.461. The third kappa shape index (κ3) is 2.49. The summed E-state index contributed by atoms with van der Waals surface area (Å²) in [6.07, 6.45) is 4.38. The highest BCUT2D eigenvalue weighted by molar-refractivity contribution is 6.18. The number of aromatic nitrogens is 1. The van der Waals surface area contributed by atoms with E-state index in [0.29, 0.717) is 11.3 Å². The molecule has 0 unspecified atom stereocenters. The molecule has 0 bridgehead atoms. The second-order valence-corrected chi connectivity index (χ2v) is 6.70. The number of pyridine rings is 1. The van der Waals surface area contributed by atoms with Gasteiger partial charge in [0, 0.05) is 30.6 Å². The lowest BCUT2D eigenvalue weighted by Gasteiger charge is -2.38. The highest BCUT2D eigenvalue weighted by Gasteiger charge is 2.26. The van der Waals surface area contributed by atoms with E-state index >= 15 is 0 Å². The van der Waals surface area contributed by atoms with E-state index in [2.05, 4.69) is 43.0 Å². The van der Waals surface area contributed by atoms with Gasteiger partial charge in [0.1, 0.15) is 5.82 Å². The molecule has 0 radical (unpaired) electrons. The zero-order valence-electron chi connectivity index (χ0n) is 12.2. The van der Waals surface area contributed by atoms with E-state index in [-0.39, 0.29) is 0 Å². The Kier molecular flexibility index (Phi) is 3.59. The summed E-state index contributed by atoms with van der Waals surface area (Å²) < 4.78 is 0. The smallest absolute Gasteiger partial charge is 0.136 e. The largest absolute Gasteiger partial charge is 0.356 e. The summed E-state index contributed by atoms with van der Waals surface area (Å²) in [6.45, 7) is 6.88. The summed E-state index contributed by atoms with van der Waals surface area (Å²) >= 11 is 6.03. The number of benzene rings is 1. The van der Waals surface area contributed by atoms with E-state index < -0.39 is 0 Å². The van der Waals surface area contributed by atoms with Crippen molar-refractivity contribution in [1.29, 1.82) is 0 Å². The quantitative estimate of drug-likeness (QED) is 0.751. The first-order chi connectivity index (χ1) is 9.61. The van der Waals surface area contributed by atoms with Crippen LogP contribution in [0.2, 0.25) is 0 Å². The minimum absolute atomic E-state index is 0.461. The van der Waals surface area contributed by atoms with Crippen LogP contribution < -0.4 is 4.90 Å². The monoisotopic (exact) mass is 288 g/mol. The first-order valence-corrected chi connectivity index (χ1v) is 7.82. The zero-order valence-corrected chi connectivity index (χ0v) is 13.0. The molecule has 1 aromatic heterocycles. The number of nitrogens with zero attached hydrogens (tertiary/aromatic N) is 2. The Morgan fingerprint density at radius 3 is 2.45 bits per heavy atom. The molecule has 0 amide bonds. The van der Waals surface area contributed by atoms with Gasteiger partial charge in [-0.3, -0.25) is 0 Å². The second-order valence-electron chi connectivity index (χ2n) is 6.44. The van der Waals surface area contributed by atoms with Gasteiger partial charge in [0.2, 0.25) is 0 Å². The molecular weight excluding hydrogens is 268 g/mol. The third-order valence-corrected chi connectivity index (χ3v) is 4.71. The van der Waals surface area contributed by atoms with E-state index in [0.717, 1.165) is 24.5 Å². The van der Waals surface area contributed by atoms with Gasteiger partial charge in [0.25, 0.3) is 0 Å². The van der Waals surface area contributed by atoms with Crippen LogP contribution in [0.3, 0.4) is 0 Å². The lowest BCUT2D eigenvalue weighted by Crippen LogP contribution is -2.37. The lowest BCUT2D eigenvalue weighted by atomic mass is 9.82. The number of rotatable bonds is 2. The fourth-order valence-corrected chi connectivity index (χ4v) is 3.13. The molecule has 0 N–H and O–H groups in total. The molecule has 0 atom stereocenters. The van der Waals surface area contributed by atoms with Crippen molar-refractivity contribution in [3.63, 3.8) is 0 Å². The Balaban J connectivity index is 2.01. The summed E-state index contributed by atoms with van der Waals surface area (Å²) in [7, 11) is 0. The number of halogens is 1. The van der Waals surface area contributed by atoms with Gasteiger partial charge in [-0.15, -0.1) is 11.6 Å². The van der Waals surface area contributed by atoms with Gasteiger partial charge in [0.05, 0.1) is 0 Å². The number of fused-ring (bicyclic) bond motifs is 1. The second kappa shape index (κ2) is 5.25. The van der Waals surface area contributed by atoms with Crippen molar-refractivity contribution in [2.75, 3.05) is 18.0 Å². The normalized spacial score (nSPS) is 18.4. The van der Waals surface area contributed by atoms with Gasteiger partial charge in [-0.1, -0.05) is 38.1 Å². The molecule has 3 heteroatoms. The highest BCUT2D eigenvalue weighted by Crippen LogP contribution is 2.34. The SMILES string of the molecule is CC1(C)CCN(c2ncc(CCl)c3ccccc23)CC1. The van der Waals surface area contributed by atoms with E-state index in [4.69, 9.17) is 16.6 Å². The Morgan fingerprint density at radius 1 is 1.15 bits per heavy atom. The summed E-state index contributed by atoms with van der Waals surface area (Å²) in [5, 5.41) is 2.46. The van der Waals surface area contributed by atoms with Crippen molar-refractivity contribution >= 4 is 28.2 Å². The van der Waals surface area contributed by atoms with Crippen LogP contribution in [-0.4, -0.2) is 18.1 Å². The molecule has 3 rings (SSSR count). The summed E-state index contributed by atoms with van der Waals surface area (Å²) in [5.41, 5.74) is 1.57. The van der Waals surface area contributed by atoms with Gasteiger partial charge in [-0.2, -0.15) is 0 Å². The highest BCUT2D eigenvalue weighted by atomic mass is 35.5. The number of hydrogen-bond acceptors (Lipinski definition) is 2. The van der Waals surface area contributed by atoms with Crippen LogP contribution in [0.5, 0.6) is 0 Å². The van der Waals surface area contributed by atoms with Crippen LogP contribution in [0.1, 0.15) is 32.3 Å². The molecule has 1 aliphatic rings. The van der Waals surface area contributed by atoms with Gasteiger partial charge in [0.15, 0.2) is 0 Å². The summed E-state index contributed by atoms with van der Waals surface area (Å²) in [5.74, 6) is 1.63. The molecule has 2 nitrogen and oxygen atoms in total. The molecule has 106 valence electrons. The van der Waals surface area contributed by atoms with Crippen molar-refractivity contribution < 1.29 is 0 Å². The average Bonchev–Trinajstić information content (AvgIpc) is 2.46. The van der Waals surface area contributed by atoms with E-state index in [1.165, 1.54) is 23.6 Å². The topological polar surface area (TPSA) is 16.1 Å². The maximum absolute atomic E-state index is 6.03. The van der Waals surface area contributed by atoms with Crippen molar-refractivity contribution in [3.05, 3.63) is 36.0 Å². The maximum Gasteiger partial charge on any atom is 0.136 e. The lowest BCUT2D eigenvalue weighted by molar-refractivity contribution is 0.279. The molecule has 0 aliphatic carbocycles. The molecule has 2 aromatic rings. The molecule has 2 heterocycles. The standard InChI is InChI=1S/C17H21ClN2/c1-17(2)7-9-20(10-8-17)16-15-6-4-3-5-14(15)13(11-18)12-19-16/h3-6,12H,7-11H2,1-2H3. The molecule has 1 saturated heterocycles. The Morgan fingerprint density at radius 2 is 1.80 bits per heavy atom. The van der Waals surface area contributed by atoms with Crippen molar-refractivity contribution in [2.45, 2.75) is 32.6 Å². The zero-order chi connectivity index (χ0) is 14.2. The maximum atomic E-state index is 6.03. The first kappa shape index (κ1) is 13.7. The van der Waals surface area contributed by atoms with E-state index in [1.807, 2.05) is 6.20 Å². The number of alkyl halides is 1. The Labute approximate surface area is 125 Å².